The van der Waals surface area contributed by atoms with Gasteiger partial charge in [-0.3, -0.25) is 4.57 Å². The topological polar surface area (TPSA) is 69.6 Å². The van der Waals surface area contributed by atoms with Crippen LogP contribution in [0, 0.1) is 6.92 Å². The summed E-state index contributed by atoms with van der Waals surface area (Å²) in [6.45, 7) is 4.50. The van der Waals surface area contributed by atoms with Crippen molar-refractivity contribution in [3.05, 3.63) is 35.7 Å². The molecule has 0 fully saturated rings. The molecular formula is C12H17N5. The zero-order valence-electron chi connectivity index (χ0n) is 10.2. The molecule has 2 aromatic rings. The van der Waals surface area contributed by atoms with Crippen LogP contribution in [0.4, 0.5) is 0 Å². The van der Waals surface area contributed by atoms with Crippen molar-refractivity contribution < 1.29 is 0 Å². The number of rotatable bonds is 4. The zero-order valence-corrected chi connectivity index (χ0v) is 10.2. The molecule has 0 aliphatic rings. The van der Waals surface area contributed by atoms with Crippen molar-refractivity contribution in [1.82, 2.24) is 19.5 Å². The van der Waals surface area contributed by atoms with Gasteiger partial charge < -0.3 is 5.73 Å². The van der Waals surface area contributed by atoms with E-state index in [4.69, 9.17) is 5.73 Å². The Bertz CT molecular complexity index is 503. The summed E-state index contributed by atoms with van der Waals surface area (Å²) >= 11 is 0. The van der Waals surface area contributed by atoms with Crippen LogP contribution in [0.2, 0.25) is 0 Å². The lowest BCUT2D eigenvalue weighted by Crippen LogP contribution is -2.09. The molecule has 0 unspecified atom stereocenters. The molecule has 2 aromatic heterocycles. The van der Waals surface area contributed by atoms with Gasteiger partial charge in [0.25, 0.3) is 0 Å². The maximum Gasteiger partial charge on any atom is 0.235 e. The molecule has 5 heteroatoms. The van der Waals surface area contributed by atoms with Crippen LogP contribution in [0.15, 0.2) is 18.5 Å². The van der Waals surface area contributed by atoms with E-state index in [0.29, 0.717) is 12.5 Å². The van der Waals surface area contributed by atoms with Gasteiger partial charge in [-0.05, 0) is 19.4 Å². The van der Waals surface area contributed by atoms with Gasteiger partial charge in [-0.15, -0.1) is 0 Å². The van der Waals surface area contributed by atoms with Crippen LogP contribution in [-0.4, -0.2) is 19.5 Å². The first-order valence-electron chi connectivity index (χ1n) is 5.81. The summed E-state index contributed by atoms with van der Waals surface area (Å²) in [4.78, 5) is 13.2. The van der Waals surface area contributed by atoms with Gasteiger partial charge in [0.2, 0.25) is 5.95 Å². The Kier molecular flexibility index (Phi) is 3.49. The molecule has 0 saturated heterocycles. The summed E-state index contributed by atoms with van der Waals surface area (Å²) in [7, 11) is 0. The maximum absolute atomic E-state index is 5.62. The molecule has 90 valence electrons. The number of hydrogen-bond donors (Lipinski definition) is 1. The summed E-state index contributed by atoms with van der Waals surface area (Å²) in [5, 5.41) is 0. The first-order valence-corrected chi connectivity index (χ1v) is 5.81. The van der Waals surface area contributed by atoms with E-state index in [2.05, 4.69) is 21.9 Å². The number of imidazole rings is 1. The SMILES string of the molecule is CCCc1nccn1-c1nc(C)cc(CN)n1. The highest BCUT2D eigenvalue weighted by Crippen LogP contribution is 2.09. The highest BCUT2D eigenvalue weighted by atomic mass is 15.2. The molecule has 0 spiro atoms. The van der Waals surface area contributed by atoms with Gasteiger partial charge in [-0.25, -0.2) is 15.0 Å². The van der Waals surface area contributed by atoms with Crippen LogP contribution in [-0.2, 0) is 13.0 Å². The van der Waals surface area contributed by atoms with Crippen LogP contribution < -0.4 is 5.73 Å². The number of aryl methyl sites for hydroxylation is 2. The van der Waals surface area contributed by atoms with Gasteiger partial charge in [0.15, 0.2) is 0 Å². The Labute approximate surface area is 101 Å². The van der Waals surface area contributed by atoms with E-state index >= 15 is 0 Å². The second-order valence-corrected chi connectivity index (χ2v) is 3.97. The van der Waals surface area contributed by atoms with Crippen molar-refractivity contribution in [2.45, 2.75) is 33.2 Å². The summed E-state index contributed by atoms with van der Waals surface area (Å²) in [5.41, 5.74) is 7.40. The fourth-order valence-electron chi connectivity index (χ4n) is 1.75. The second kappa shape index (κ2) is 5.05. The van der Waals surface area contributed by atoms with E-state index < -0.39 is 0 Å². The van der Waals surface area contributed by atoms with Crippen molar-refractivity contribution in [1.29, 1.82) is 0 Å². The summed E-state index contributed by atoms with van der Waals surface area (Å²) in [6.07, 6.45) is 5.63. The van der Waals surface area contributed by atoms with Gasteiger partial charge in [-0.1, -0.05) is 6.92 Å². The minimum absolute atomic E-state index is 0.425. The van der Waals surface area contributed by atoms with Gasteiger partial charge in [0.05, 0.1) is 5.69 Å². The monoisotopic (exact) mass is 231 g/mol. The first kappa shape index (κ1) is 11.7. The van der Waals surface area contributed by atoms with Gasteiger partial charge in [0.1, 0.15) is 5.82 Å². The van der Waals surface area contributed by atoms with E-state index in [0.717, 1.165) is 30.1 Å². The summed E-state index contributed by atoms with van der Waals surface area (Å²) < 4.78 is 1.93. The van der Waals surface area contributed by atoms with E-state index in [9.17, 15) is 0 Å². The Morgan fingerprint density at radius 2 is 2.18 bits per heavy atom. The van der Waals surface area contributed by atoms with Crippen LogP contribution in [0.3, 0.4) is 0 Å². The van der Waals surface area contributed by atoms with Crippen molar-refractivity contribution in [3.63, 3.8) is 0 Å². The largest absolute Gasteiger partial charge is 0.325 e. The van der Waals surface area contributed by atoms with Crippen molar-refractivity contribution in [3.8, 4) is 5.95 Å². The lowest BCUT2D eigenvalue weighted by molar-refractivity contribution is 0.770. The molecule has 2 heterocycles. The lowest BCUT2D eigenvalue weighted by Gasteiger charge is -2.07. The minimum atomic E-state index is 0.425. The van der Waals surface area contributed by atoms with Crippen molar-refractivity contribution in [2.75, 3.05) is 0 Å². The van der Waals surface area contributed by atoms with E-state index in [1.165, 1.54) is 0 Å². The molecule has 0 aliphatic heterocycles. The third-order valence-corrected chi connectivity index (χ3v) is 2.51. The summed E-state index contributed by atoms with van der Waals surface area (Å²) in [6, 6.07) is 1.90. The first-order chi connectivity index (χ1) is 8.24. The molecule has 2 rings (SSSR count). The zero-order chi connectivity index (χ0) is 12.3. The van der Waals surface area contributed by atoms with Crippen LogP contribution >= 0.6 is 0 Å². The fraction of sp³-hybridized carbons (Fsp3) is 0.417. The van der Waals surface area contributed by atoms with Crippen LogP contribution in [0.25, 0.3) is 5.95 Å². The molecule has 0 radical (unpaired) electrons. The average molecular weight is 231 g/mol. The highest BCUT2D eigenvalue weighted by molar-refractivity contribution is 5.21. The number of nitrogens with two attached hydrogens (primary N) is 1. The van der Waals surface area contributed by atoms with Gasteiger partial charge in [-0.2, -0.15) is 0 Å². The lowest BCUT2D eigenvalue weighted by atomic mass is 10.3. The molecule has 17 heavy (non-hydrogen) atoms. The van der Waals surface area contributed by atoms with Crippen molar-refractivity contribution in [2.24, 2.45) is 5.73 Å². The van der Waals surface area contributed by atoms with E-state index in [1.807, 2.05) is 23.8 Å². The standard InChI is InChI=1S/C12H17N5/c1-3-4-11-14-5-6-17(11)12-15-9(2)7-10(8-13)16-12/h5-7H,3-4,8,13H2,1-2H3. The molecular weight excluding hydrogens is 214 g/mol. The number of nitrogens with zero attached hydrogens (tertiary/aromatic N) is 4. The average Bonchev–Trinajstić information content (AvgIpc) is 2.77. The minimum Gasteiger partial charge on any atom is -0.325 e. The van der Waals surface area contributed by atoms with Crippen LogP contribution in [0.5, 0.6) is 0 Å². The molecule has 0 bridgehead atoms. The second-order valence-electron chi connectivity index (χ2n) is 3.97. The Morgan fingerprint density at radius 3 is 2.88 bits per heavy atom. The molecule has 2 N–H and O–H groups in total. The number of hydrogen-bond acceptors (Lipinski definition) is 4. The summed E-state index contributed by atoms with van der Waals surface area (Å²) in [5.74, 6) is 1.65. The Morgan fingerprint density at radius 1 is 1.35 bits per heavy atom. The van der Waals surface area contributed by atoms with Crippen molar-refractivity contribution >= 4 is 0 Å². The maximum atomic E-state index is 5.62. The predicted molar refractivity (Wildman–Crippen MR) is 65.8 cm³/mol. The fourth-order valence-corrected chi connectivity index (χ4v) is 1.75. The molecule has 5 nitrogen and oxygen atoms in total. The molecule has 0 saturated carbocycles. The van der Waals surface area contributed by atoms with Gasteiger partial charge in [0, 0.05) is 31.1 Å². The van der Waals surface area contributed by atoms with Gasteiger partial charge >= 0.3 is 0 Å². The quantitative estimate of drug-likeness (QED) is 0.863. The molecule has 0 aromatic carbocycles. The Hall–Kier alpha value is -1.75. The third kappa shape index (κ3) is 2.50. The molecule has 0 amide bonds. The van der Waals surface area contributed by atoms with Crippen LogP contribution in [0.1, 0.15) is 30.6 Å². The predicted octanol–water partition coefficient (Wildman–Crippen LogP) is 1.38. The highest BCUT2D eigenvalue weighted by Gasteiger charge is 2.08. The Balaban J connectivity index is 2.44. The molecule has 0 atom stereocenters. The number of aromatic nitrogens is 4. The third-order valence-electron chi connectivity index (χ3n) is 2.51. The molecule has 0 aliphatic carbocycles. The smallest absolute Gasteiger partial charge is 0.235 e. The van der Waals surface area contributed by atoms with E-state index in [1.54, 1.807) is 6.20 Å². The normalized spacial score (nSPS) is 10.8. The van der Waals surface area contributed by atoms with E-state index in [-0.39, 0.29) is 0 Å².